The van der Waals surface area contributed by atoms with Crippen molar-refractivity contribution in [3.8, 4) is 0 Å². The van der Waals surface area contributed by atoms with Gasteiger partial charge in [-0.15, -0.1) is 0 Å². The Bertz CT molecular complexity index is 820. The number of hydrogen-bond acceptors (Lipinski definition) is 3. The number of aromatic nitrogens is 1. The van der Waals surface area contributed by atoms with Crippen LogP contribution in [0, 0.1) is 0 Å². The quantitative estimate of drug-likeness (QED) is 0.472. The molecule has 0 saturated carbocycles. The summed E-state index contributed by atoms with van der Waals surface area (Å²) >= 11 is 0. The molecule has 0 saturated heterocycles. The van der Waals surface area contributed by atoms with E-state index in [1.54, 1.807) is 0 Å². The highest BCUT2D eigenvalue weighted by molar-refractivity contribution is 6.22. The molecule has 0 aliphatic heterocycles. The third-order valence-corrected chi connectivity index (χ3v) is 3.29. The number of fused-ring (bicyclic) bond motifs is 6. The van der Waals surface area contributed by atoms with E-state index in [2.05, 4.69) is 17.1 Å². The van der Waals surface area contributed by atoms with Crippen LogP contribution < -0.4 is 5.73 Å². The Labute approximate surface area is 103 Å². The van der Waals surface area contributed by atoms with Crippen molar-refractivity contribution in [1.82, 2.24) is 4.98 Å². The lowest BCUT2D eigenvalue weighted by molar-refractivity contribution is 0.629. The Morgan fingerprint density at radius 2 is 1.33 bits per heavy atom. The van der Waals surface area contributed by atoms with Crippen LogP contribution in [-0.2, 0) is 0 Å². The second-order valence-electron chi connectivity index (χ2n) is 4.32. The molecule has 4 aromatic rings. The van der Waals surface area contributed by atoms with Crippen molar-refractivity contribution >= 4 is 38.7 Å². The summed E-state index contributed by atoms with van der Waals surface area (Å²) in [7, 11) is 0. The minimum Gasteiger partial charge on any atom is -0.423 e. The first kappa shape index (κ1) is 9.48. The molecule has 0 aliphatic carbocycles. The highest BCUT2D eigenvalue weighted by Crippen LogP contribution is 2.35. The Balaban J connectivity index is 2.45. The third kappa shape index (κ3) is 1.10. The summed E-state index contributed by atoms with van der Waals surface area (Å²) in [5.41, 5.74) is 7.30. The number of anilines is 1. The van der Waals surface area contributed by atoms with Gasteiger partial charge in [0.25, 0.3) is 6.01 Å². The Hall–Kier alpha value is -2.55. The summed E-state index contributed by atoms with van der Waals surface area (Å²) in [6, 6.07) is 16.5. The molecule has 18 heavy (non-hydrogen) atoms. The van der Waals surface area contributed by atoms with Crippen LogP contribution in [0.3, 0.4) is 0 Å². The molecule has 0 unspecified atom stereocenters. The molecule has 86 valence electrons. The second kappa shape index (κ2) is 3.23. The second-order valence-corrected chi connectivity index (χ2v) is 4.32. The van der Waals surface area contributed by atoms with Crippen molar-refractivity contribution in [3.05, 3.63) is 48.5 Å². The van der Waals surface area contributed by atoms with E-state index in [-0.39, 0.29) is 6.01 Å². The monoisotopic (exact) mass is 234 g/mol. The predicted octanol–water partition coefficient (Wildman–Crippen LogP) is 3.72. The highest BCUT2D eigenvalue weighted by Gasteiger charge is 2.12. The van der Waals surface area contributed by atoms with E-state index in [9.17, 15) is 0 Å². The van der Waals surface area contributed by atoms with Gasteiger partial charge in [0.15, 0.2) is 5.58 Å². The summed E-state index contributed by atoms with van der Waals surface area (Å²) in [5, 5.41) is 4.47. The van der Waals surface area contributed by atoms with Gasteiger partial charge in [-0.25, -0.2) is 0 Å². The lowest BCUT2D eigenvalue weighted by Gasteiger charge is -2.04. The standard InChI is InChI=1S/C15H10N2O/c16-15-17-13-11-7-3-1-5-9(11)10-6-2-4-8-12(10)14(13)18-15/h1-8H,(H2,16,17). The van der Waals surface area contributed by atoms with Crippen LogP contribution in [0.1, 0.15) is 0 Å². The van der Waals surface area contributed by atoms with Gasteiger partial charge in [0, 0.05) is 10.8 Å². The summed E-state index contributed by atoms with van der Waals surface area (Å²) in [4.78, 5) is 4.30. The maximum Gasteiger partial charge on any atom is 0.293 e. The first-order valence-corrected chi connectivity index (χ1v) is 5.80. The molecule has 0 spiro atoms. The van der Waals surface area contributed by atoms with Crippen molar-refractivity contribution in [1.29, 1.82) is 0 Å². The fourth-order valence-corrected chi connectivity index (χ4v) is 2.54. The van der Waals surface area contributed by atoms with E-state index in [1.807, 2.05) is 36.4 Å². The van der Waals surface area contributed by atoms with Gasteiger partial charge in [-0.05, 0) is 10.8 Å². The predicted molar refractivity (Wildman–Crippen MR) is 73.4 cm³/mol. The number of oxazole rings is 1. The molecule has 0 fully saturated rings. The summed E-state index contributed by atoms with van der Waals surface area (Å²) in [6.07, 6.45) is 0. The molecule has 0 radical (unpaired) electrons. The normalized spacial score (nSPS) is 11.6. The van der Waals surface area contributed by atoms with Gasteiger partial charge in [-0.2, -0.15) is 4.98 Å². The molecule has 3 heteroatoms. The molecular formula is C15H10N2O. The SMILES string of the molecule is Nc1nc2c3ccccc3c3ccccc3c2o1. The zero-order valence-corrected chi connectivity index (χ0v) is 9.55. The van der Waals surface area contributed by atoms with Gasteiger partial charge in [0.1, 0.15) is 5.52 Å². The third-order valence-electron chi connectivity index (χ3n) is 3.29. The summed E-state index contributed by atoms with van der Waals surface area (Å²) in [5.74, 6) is 0. The zero-order valence-electron chi connectivity index (χ0n) is 9.55. The topological polar surface area (TPSA) is 52.0 Å². The van der Waals surface area contributed by atoms with Gasteiger partial charge in [0.05, 0.1) is 0 Å². The summed E-state index contributed by atoms with van der Waals surface area (Å²) < 4.78 is 5.56. The number of nitrogen functional groups attached to an aromatic ring is 1. The van der Waals surface area contributed by atoms with Gasteiger partial charge >= 0.3 is 0 Å². The molecule has 0 atom stereocenters. The highest BCUT2D eigenvalue weighted by atomic mass is 16.4. The average molecular weight is 234 g/mol. The van der Waals surface area contributed by atoms with E-state index in [1.165, 1.54) is 5.39 Å². The maximum absolute atomic E-state index is 5.69. The number of rotatable bonds is 0. The van der Waals surface area contributed by atoms with Crippen LogP contribution in [0.25, 0.3) is 32.6 Å². The molecule has 4 rings (SSSR count). The molecule has 2 N–H and O–H groups in total. The van der Waals surface area contributed by atoms with E-state index >= 15 is 0 Å². The maximum atomic E-state index is 5.69. The van der Waals surface area contributed by atoms with Crippen LogP contribution in [0.2, 0.25) is 0 Å². The molecule has 1 heterocycles. The van der Waals surface area contributed by atoms with Gasteiger partial charge in [-0.1, -0.05) is 48.5 Å². The van der Waals surface area contributed by atoms with Crippen LogP contribution in [0.5, 0.6) is 0 Å². The molecule has 0 aliphatic rings. The van der Waals surface area contributed by atoms with E-state index in [0.29, 0.717) is 0 Å². The van der Waals surface area contributed by atoms with Gasteiger partial charge < -0.3 is 10.2 Å². The molecule has 3 nitrogen and oxygen atoms in total. The smallest absolute Gasteiger partial charge is 0.293 e. The zero-order chi connectivity index (χ0) is 12.1. The average Bonchev–Trinajstić information content (AvgIpc) is 2.81. The van der Waals surface area contributed by atoms with E-state index in [4.69, 9.17) is 10.2 Å². The van der Waals surface area contributed by atoms with Gasteiger partial charge in [0.2, 0.25) is 0 Å². The minimum absolute atomic E-state index is 0.214. The number of benzene rings is 3. The molecular weight excluding hydrogens is 224 g/mol. The fourth-order valence-electron chi connectivity index (χ4n) is 2.54. The molecule has 3 aromatic carbocycles. The van der Waals surface area contributed by atoms with Crippen LogP contribution in [0.15, 0.2) is 52.9 Å². The number of nitrogens with two attached hydrogens (primary N) is 1. The Morgan fingerprint density at radius 1 is 0.778 bits per heavy atom. The number of nitrogens with zero attached hydrogens (tertiary/aromatic N) is 1. The van der Waals surface area contributed by atoms with Gasteiger partial charge in [-0.3, -0.25) is 0 Å². The fraction of sp³-hybridized carbons (Fsp3) is 0. The van der Waals surface area contributed by atoms with E-state index < -0.39 is 0 Å². The molecule has 1 aromatic heterocycles. The first-order chi connectivity index (χ1) is 8.84. The van der Waals surface area contributed by atoms with Crippen molar-refractivity contribution in [3.63, 3.8) is 0 Å². The molecule has 0 amide bonds. The van der Waals surface area contributed by atoms with Crippen LogP contribution >= 0.6 is 0 Å². The number of hydrogen-bond donors (Lipinski definition) is 1. The van der Waals surface area contributed by atoms with Crippen LogP contribution in [0.4, 0.5) is 6.01 Å². The lowest BCUT2D eigenvalue weighted by Crippen LogP contribution is -1.82. The van der Waals surface area contributed by atoms with E-state index in [0.717, 1.165) is 27.3 Å². The first-order valence-electron chi connectivity index (χ1n) is 5.80. The van der Waals surface area contributed by atoms with Crippen molar-refractivity contribution in [2.45, 2.75) is 0 Å². The van der Waals surface area contributed by atoms with Crippen molar-refractivity contribution in [2.75, 3.05) is 5.73 Å². The van der Waals surface area contributed by atoms with Crippen LogP contribution in [-0.4, -0.2) is 4.98 Å². The molecule has 0 bridgehead atoms. The largest absolute Gasteiger partial charge is 0.423 e. The Morgan fingerprint density at radius 3 is 2.06 bits per heavy atom. The lowest BCUT2D eigenvalue weighted by atomic mass is 10.0. The van der Waals surface area contributed by atoms with Crippen molar-refractivity contribution < 1.29 is 4.42 Å². The van der Waals surface area contributed by atoms with Crippen molar-refractivity contribution in [2.24, 2.45) is 0 Å². The summed E-state index contributed by atoms with van der Waals surface area (Å²) in [6.45, 7) is 0. The minimum atomic E-state index is 0.214. The Kier molecular flexibility index (Phi) is 1.70.